The second kappa shape index (κ2) is 46.4. The van der Waals surface area contributed by atoms with E-state index in [-0.39, 0.29) is 18.9 Å². The van der Waals surface area contributed by atoms with Crippen molar-refractivity contribution in [3.05, 3.63) is 24.3 Å². The van der Waals surface area contributed by atoms with E-state index < -0.39 is 124 Å². The number of ether oxygens (including phenoxy) is 6. The normalized spacial score (nSPS) is 29.7. The molecule has 3 fully saturated rings. The highest BCUT2D eigenvalue weighted by atomic mass is 16.8. The number of nitrogens with one attached hydrogen (secondary N) is 1. The fourth-order valence-electron chi connectivity index (χ4n) is 11.1. The Morgan fingerprint density at radius 3 is 1.18 bits per heavy atom. The minimum Gasteiger partial charge on any atom is -0.394 e. The van der Waals surface area contributed by atoms with Crippen molar-refractivity contribution in [2.24, 2.45) is 0 Å². The third-order valence-corrected chi connectivity index (χ3v) is 16.5. The first-order valence-electron chi connectivity index (χ1n) is 32.6. The lowest BCUT2D eigenvalue weighted by atomic mass is 9.96. The van der Waals surface area contributed by atoms with Gasteiger partial charge >= 0.3 is 0 Å². The van der Waals surface area contributed by atoms with Gasteiger partial charge in [0.1, 0.15) is 73.2 Å². The molecule has 3 aliphatic heterocycles. The molecule has 0 spiro atoms. The van der Waals surface area contributed by atoms with E-state index in [1.54, 1.807) is 6.08 Å². The molecule has 3 heterocycles. The quantitative estimate of drug-likeness (QED) is 0.0213. The lowest BCUT2D eigenvalue weighted by Crippen LogP contribution is -2.66. The van der Waals surface area contributed by atoms with Gasteiger partial charge in [-0.3, -0.25) is 4.79 Å². The lowest BCUT2D eigenvalue weighted by Gasteiger charge is -2.48. The van der Waals surface area contributed by atoms with Gasteiger partial charge in [-0.1, -0.05) is 212 Å². The Bertz CT molecular complexity index is 1590. The number of allylic oxidation sites excluding steroid dienone is 3. The van der Waals surface area contributed by atoms with Crippen molar-refractivity contribution in [3.63, 3.8) is 0 Å². The third-order valence-electron chi connectivity index (χ3n) is 16.5. The molecule has 82 heavy (non-hydrogen) atoms. The van der Waals surface area contributed by atoms with E-state index in [4.69, 9.17) is 28.4 Å². The SMILES string of the molecule is CCCCCCCCC/C=C\CCCCCCCC(=O)NC(COC1OC(CO)C(OC2OC(CO)C(OC3OC(CO)C(O)C(O)C3O)C(O)C2O)C(O)C1O)C(O)/C=C/CCCCCCCCCCCCCCCCCCCCC. The van der Waals surface area contributed by atoms with E-state index >= 15 is 0 Å². The molecule has 3 aliphatic rings. The summed E-state index contributed by atoms with van der Waals surface area (Å²) in [5, 5.41) is 120. The molecule has 17 atom stereocenters. The smallest absolute Gasteiger partial charge is 0.220 e. The van der Waals surface area contributed by atoms with Crippen LogP contribution in [0, 0.1) is 0 Å². The molecule has 3 saturated heterocycles. The molecule has 19 nitrogen and oxygen atoms in total. The van der Waals surface area contributed by atoms with Crippen LogP contribution in [0.15, 0.2) is 24.3 Å². The summed E-state index contributed by atoms with van der Waals surface area (Å²) in [6, 6.07) is -0.975. The highest BCUT2D eigenvalue weighted by Crippen LogP contribution is 2.33. The standard InChI is InChI=1S/C63H117NO18/c1-3-5-7-9-11-13-15-17-19-21-22-23-24-25-26-28-30-32-34-36-38-40-47(68)46(64-51(69)41-39-37-35-33-31-29-27-20-18-16-14-12-10-8-6-4-2)45-77-61-57(75)54(72)59(49(43-66)79-61)82-63-58(76)55(73)60(50(44-67)80-63)81-62-56(74)53(71)52(70)48(42-65)78-62/h20,27,38,40,46-50,52-63,65-68,70-76H,3-19,21-26,28-37,39,41-45H2,1-2H3,(H,64,69)/b27-20-,40-38+. The summed E-state index contributed by atoms with van der Waals surface area (Å²) < 4.78 is 34.3. The van der Waals surface area contributed by atoms with Crippen LogP contribution in [-0.2, 0) is 33.2 Å². The maximum Gasteiger partial charge on any atom is 0.220 e. The number of carbonyl (C=O) groups is 1. The lowest BCUT2D eigenvalue weighted by molar-refractivity contribution is -0.379. The highest BCUT2D eigenvalue weighted by Gasteiger charge is 2.53. The molecule has 0 aromatic heterocycles. The fourth-order valence-corrected chi connectivity index (χ4v) is 11.1. The van der Waals surface area contributed by atoms with Gasteiger partial charge in [-0.15, -0.1) is 0 Å². The second-order valence-electron chi connectivity index (χ2n) is 23.6. The number of rotatable bonds is 49. The zero-order valence-corrected chi connectivity index (χ0v) is 50.5. The summed E-state index contributed by atoms with van der Waals surface area (Å²) in [5.74, 6) is -0.282. The van der Waals surface area contributed by atoms with Crippen LogP contribution >= 0.6 is 0 Å². The summed E-state index contributed by atoms with van der Waals surface area (Å²) in [7, 11) is 0. The number of hydrogen-bond acceptors (Lipinski definition) is 18. The van der Waals surface area contributed by atoms with E-state index in [0.717, 1.165) is 64.2 Å². The largest absolute Gasteiger partial charge is 0.394 e. The van der Waals surface area contributed by atoms with Crippen molar-refractivity contribution < 1.29 is 89.4 Å². The number of unbranched alkanes of at least 4 members (excludes halogenated alkanes) is 31. The first kappa shape index (κ1) is 74.5. The minimum absolute atomic E-state index is 0.235. The summed E-state index contributed by atoms with van der Waals surface area (Å²) >= 11 is 0. The van der Waals surface area contributed by atoms with Crippen molar-refractivity contribution in [2.45, 2.75) is 343 Å². The van der Waals surface area contributed by atoms with Gasteiger partial charge < -0.3 is 89.9 Å². The Hall–Kier alpha value is -1.73. The fraction of sp³-hybridized carbons (Fsp3) is 0.921. The molecule has 0 radical (unpaired) electrons. The van der Waals surface area contributed by atoms with E-state index in [0.29, 0.717) is 6.42 Å². The number of aliphatic hydroxyl groups excluding tert-OH is 11. The van der Waals surface area contributed by atoms with Gasteiger partial charge in [0.25, 0.3) is 0 Å². The van der Waals surface area contributed by atoms with Gasteiger partial charge in [0.05, 0.1) is 38.6 Å². The first-order chi connectivity index (χ1) is 39.8. The molecular formula is C63H117NO18. The monoisotopic (exact) mass is 1180 g/mol. The molecule has 12 N–H and O–H groups in total. The van der Waals surface area contributed by atoms with Gasteiger partial charge in [0.15, 0.2) is 18.9 Å². The Kier molecular flexibility index (Phi) is 42.2. The third kappa shape index (κ3) is 29.3. The number of carbonyl (C=O) groups excluding carboxylic acids is 1. The number of aliphatic hydroxyl groups is 11. The topological polar surface area (TPSA) is 307 Å². The number of hydrogen-bond donors (Lipinski definition) is 12. The molecule has 19 heteroatoms. The maximum atomic E-state index is 13.3. The van der Waals surface area contributed by atoms with Gasteiger partial charge in [0.2, 0.25) is 5.91 Å². The van der Waals surface area contributed by atoms with Gasteiger partial charge in [-0.05, 0) is 44.9 Å². The van der Waals surface area contributed by atoms with Crippen molar-refractivity contribution in [3.8, 4) is 0 Å². The van der Waals surface area contributed by atoms with Gasteiger partial charge in [0, 0.05) is 6.42 Å². The van der Waals surface area contributed by atoms with E-state index in [9.17, 15) is 61.0 Å². The average molecular weight is 1180 g/mol. The van der Waals surface area contributed by atoms with Crippen LogP contribution in [0.2, 0.25) is 0 Å². The first-order valence-corrected chi connectivity index (χ1v) is 32.6. The van der Waals surface area contributed by atoms with E-state index in [2.05, 4.69) is 31.3 Å². The predicted octanol–water partition coefficient (Wildman–Crippen LogP) is 7.10. The molecule has 0 bridgehead atoms. The van der Waals surface area contributed by atoms with Crippen LogP contribution in [-0.4, -0.2) is 193 Å². The van der Waals surface area contributed by atoms with Crippen molar-refractivity contribution in [2.75, 3.05) is 26.4 Å². The van der Waals surface area contributed by atoms with Gasteiger partial charge in [-0.25, -0.2) is 0 Å². The van der Waals surface area contributed by atoms with Crippen molar-refractivity contribution in [1.82, 2.24) is 5.32 Å². The second-order valence-corrected chi connectivity index (χ2v) is 23.6. The molecule has 482 valence electrons. The summed E-state index contributed by atoms with van der Waals surface area (Å²) in [6.07, 6.45) is 22.9. The highest BCUT2D eigenvalue weighted by molar-refractivity contribution is 5.76. The Balaban J connectivity index is 1.48. The zero-order valence-electron chi connectivity index (χ0n) is 50.5. The van der Waals surface area contributed by atoms with E-state index in [1.165, 1.54) is 148 Å². The predicted molar refractivity (Wildman–Crippen MR) is 314 cm³/mol. The molecular weight excluding hydrogens is 1060 g/mol. The Morgan fingerprint density at radius 2 is 0.768 bits per heavy atom. The zero-order chi connectivity index (χ0) is 59.7. The molecule has 0 aromatic rings. The maximum absolute atomic E-state index is 13.3. The number of amides is 1. The minimum atomic E-state index is -1.98. The molecule has 17 unspecified atom stereocenters. The molecule has 0 saturated carbocycles. The van der Waals surface area contributed by atoms with Crippen LogP contribution in [0.3, 0.4) is 0 Å². The van der Waals surface area contributed by atoms with Crippen LogP contribution in [0.25, 0.3) is 0 Å². The van der Waals surface area contributed by atoms with Crippen molar-refractivity contribution in [1.29, 1.82) is 0 Å². The molecule has 1 amide bonds. The summed E-state index contributed by atoms with van der Waals surface area (Å²) in [4.78, 5) is 13.3. The Morgan fingerprint density at radius 1 is 0.427 bits per heavy atom. The molecule has 0 aliphatic carbocycles. The van der Waals surface area contributed by atoms with Gasteiger partial charge in [-0.2, -0.15) is 0 Å². The average Bonchev–Trinajstić information content (AvgIpc) is 3.24. The molecule has 0 aromatic carbocycles. The van der Waals surface area contributed by atoms with Crippen LogP contribution in [0.4, 0.5) is 0 Å². The summed E-state index contributed by atoms with van der Waals surface area (Å²) in [6.45, 7) is 1.73. The van der Waals surface area contributed by atoms with Crippen molar-refractivity contribution >= 4 is 5.91 Å². The van der Waals surface area contributed by atoms with Crippen LogP contribution in [0.1, 0.15) is 239 Å². The van der Waals surface area contributed by atoms with Crippen LogP contribution in [0.5, 0.6) is 0 Å². The molecule has 3 rings (SSSR count). The van der Waals surface area contributed by atoms with Crippen LogP contribution < -0.4 is 5.32 Å². The Labute approximate surface area is 492 Å². The summed E-state index contributed by atoms with van der Waals surface area (Å²) in [5.41, 5.74) is 0. The van der Waals surface area contributed by atoms with E-state index in [1.807, 2.05) is 6.08 Å².